The van der Waals surface area contributed by atoms with Crippen molar-refractivity contribution in [2.24, 2.45) is 0 Å². The Morgan fingerprint density at radius 2 is 2.00 bits per heavy atom. The summed E-state index contributed by atoms with van der Waals surface area (Å²) in [5.74, 6) is 0.111. The van der Waals surface area contributed by atoms with Gasteiger partial charge in [0, 0.05) is 23.6 Å². The van der Waals surface area contributed by atoms with Gasteiger partial charge < -0.3 is 5.32 Å². The molecular weight excluding hydrogens is 372 g/mol. The first-order valence-corrected chi connectivity index (χ1v) is 9.71. The number of pyridine rings is 1. The molecule has 0 fully saturated rings. The maximum atomic E-state index is 12.3. The Labute approximate surface area is 166 Å². The van der Waals surface area contributed by atoms with Gasteiger partial charge in [-0.3, -0.25) is 9.78 Å². The van der Waals surface area contributed by atoms with Gasteiger partial charge in [-0.05, 0) is 61.4 Å². The van der Waals surface area contributed by atoms with Crippen molar-refractivity contribution in [2.75, 3.05) is 11.1 Å². The summed E-state index contributed by atoms with van der Waals surface area (Å²) in [7, 11) is 0. The van der Waals surface area contributed by atoms with E-state index < -0.39 is 0 Å². The van der Waals surface area contributed by atoms with Gasteiger partial charge in [0.1, 0.15) is 0 Å². The molecule has 0 aliphatic carbocycles. The minimum atomic E-state index is -0.103. The number of hydrogen-bond acceptors (Lipinski definition) is 6. The van der Waals surface area contributed by atoms with E-state index in [0.717, 1.165) is 22.5 Å². The van der Waals surface area contributed by atoms with E-state index in [-0.39, 0.29) is 11.7 Å². The number of hydrogen-bond donors (Lipinski definition) is 1. The van der Waals surface area contributed by atoms with Crippen LogP contribution in [-0.4, -0.2) is 36.5 Å². The molecule has 28 heavy (non-hydrogen) atoms. The van der Waals surface area contributed by atoms with Gasteiger partial charge in [0.05, 0.1) is 11.4 Å². The second-order valence-electron chi connectivity index (χ2n) is 6.35. The lowest BCUT2D eigenvalue weighted by Crippen LogP contribution is -2.14. The van der Waals surface area contributed by atoms with Crippen molar-refractivity contribution in [1.29, 1.82) is 0 Å². The molecule has 0 spiro atoms. The summed E-state index contributed by atoms with van der Waals surface area (Å²) in [4.78, 5) is 16.4. The van der Waals surface area contributed by atoms with Crippen molar-refractivity contribution in [2.45, 2.75) is 19.0 Å². The minimum Gasteiger partial charge on any atom is -0.325 e. The van der Waals surface area contributed by atoms with Crippen molar-refractivity contribution < 1.29 is 4.79 Å². The average Bonchev–Trinajstić information content (AvgIpc) is 3.12. The highest BCUT2D eigenvalue weighted by Gasteiger charge is 2.12. The summed E-state index contributed by atoms with van der Waals surface area (Å²) in [6.07, 6.45) is 3.47. The lowest BCUT2D eigenvalue weighted by molar-refractivity contribution is -0.113. The summed E-state index contributed by atoms with van der Waals surface area (Å²) in [5, 5.41) is 16.3. The second-order valence-corrected chi connectivity index (χ2v) is 7.29. The highest BCUT2D eigenvalue weighted by molar-refractivity contribution is 7.99. The number of amides is 1. The predicted octanol–water partition coefficient (Wildman–Crippen LogP) is 3.53. The number of carbonyl (C=O) groups excluding carboxylic acids is 1. The molecule has 4 aromatic rings. The predicted molar refractivity (Wildman–Crippen MR) is 109 cm³/mol. The van der Waals surface area contributed by atoms with Crippen LogP contribution in [0.1, 0.15) is 11.1 Å². The number of nitrogens with one attached hydrogen (secondary N) is 1. The maximum Gasteiger partial charge on any atom is 0.234 e. The largest absolute Gasteiger partial charge is 0.325 e. The van der Waals surface area contributed by atoms with Gasteiger partial charge in [0.25, 0.3) is 0 Å². The highest BCUT2D eigenvalue weighted by atomic mass is 32.2. The molecule has 140 valence electrons. The van der Waals surface area contributed by atoms with E-state index >= 15 is 0 Å². The monoisotopic (exact) mass is 390 g/mol. The Balaban J connectivity index is 1.48. The molecule has 0 unspecified atom stereocenters. The number of aromatic nitrogens is 5. The zero-order chi connectivity index (χ0) is 19.5. The zero-order valence-electron chi connectivity index (χ0n) is 15.5. The van der Waals surface area contributed by atoms with E-state index in [4.69, 9.17) is 0 Å². The molecule has 1 aromatic carbocycles. The summed E-state index contributed by atoms with van der Waals surface area (Å²) in [5.41, 5.74) is 5.42. The SMILES string of the molecule is Cc1ccc(NC(=O)CSc2nnc3ccc(-c4cccnc4)nn23)cc1C. The Kier molecular flexibility index (Phi) is 5.03. The smallest absolute Gasteiger partial charge is 0.234 e. The second kappa shape index (κ2) is 7.77. The van der Waals surface area contributed by atoms with E-state index in [9.17, 15) is 4.79 Å². The van der Waals surface area contributed by atoms with E-state index in [1.807, 2.05) is 56.3 Å². The molecule has 1 N–H and O–H groups in total. The molecule has 1 amide bonds. The van der Waals surface area contributed by atoms with Crippen LogP contribution in [0.4, 0.5) is 5.69 Å². The molecule has 4 rings (SSSR count). The molecule has 0 bridgehead atoms. The van der Waals surface area contributed by atoms with E-state index in [1.54, 1.807) is 16.9 Å². The first-order chi connectivity index (χ1) is 13.6. The van der Waals surface area contributed by atoms with Gasteiger partial charge in [-0.2, -0.15) is 9.61 Å². The van der Waals surface area contributed by atoms with Crippen LogP contribution < -0.4 is 5.32 Å². The van der Waals surface area contributed by atoms with Crippen molar-refractivity contribution in [1.82, 2.24) is 24.8 Å². The molecule has 0 aliphatic heterocycles. The average molecular weight is 390 g/mol. The molecule has 8 heteroatoms. The molecule has 0 saturated carbocycles. The first kappa shape index (κ1) is 18.1. The summed E-state index contributed by atoms with van der Waals surface area (Å²) in [6, 6.07) is 13.4. The Morgan fingerprint density at radius 3 is 2.79 bits per heavy atom. The molecular formula is C20H18N6OS. The Morgan fingerprint density at radius 1 is 1.11 bits per heavy atom. The van der Waals surface area contributed by atoms with Crippen LogP contribution in [-0.2, 0) is 4.79 Å². The van der Waals surface area contributed by atoms with Crippen LogP contribution in [0.3, 0.4) is 0 Å². The topological polar surface area (TPSA) is 85.1 Å². The number of benzene rings is 1. The summed E-state index contributed by atoms with van der Waals surface area (Å²) in [6.45, 7) is 4.06. The third-order valence-corrected chi connectivity index (χ3v) is 5.23. The lowest BCUT2D eigenvalue weighted by Gasteiger charge is -2.07. The van der Waals surface area contributed by atoms with Gasteiger partial charge in [-0.25, -0.2) is 0 Å². The minimum absolute atomic E-state index is 0.103. The van der Waals surface area contributed by atoms with Crippen molar-refractivity contribution >= 4 is 29.0 Å². The molecule has 3 heterocycles. The van der Waals surface area contributed by atoms with Crippen LogP contribution in [0, 0.1) is 13.8 Å². The summed E-state index contributed by atoms with van der Waals surface area (Å²) >= 11 is 1.29. The fourth-order valence-electron chi connectivity index (χ4n) is 2.67. The normalized spacial score (nSPS) is 10.9. The lowest BCUT2D eigenvalue weighted by atomic mass is 10.1. The van der Waals surface area contributed by atoms with Crippen LogP contribution in [0.25, 0.3) is 16.9 Å². The first-order valence-electron chi connectivity index (χ1n) is 8.73. The third-order valence-electron chi connectivity index (χ3n) is 4.31. The van der Waals surface area contributed by atoms with E-state index in [2.05, 4.69) is 25.6 Å². The number of fused-ring (bicyclic) bond motifs is 1. The van der Waals surface area contributed by atoms with Crippen LogP contribution >= 0.6 is 11.8 Å². The van der Waals surface area contributed by atoms with E-state index in [1.165, 1.54) is 17.3 Å². The highest BCUT2D eigenvalue weighted by Crippen LogP contribution is 2.21. The van der Waals surface area contributed by atoms with E-state index in [0.29, 0.717) is 10.8 Å². The van der Waals surface area contributed by atoms with Gasteiger partial charge in [0.15, 0.2) is 5.65 Å². The van der Waals surface area contributed by atoms with Gasteiger partial charge in [-0.1, -0.05) is 17.8 Å². The Hall–Kier alpha value is -3.26. The van der Waals surface area contributed by atoms with Crippen molar-refractivity contribution in [3.8, 4) is 11.3 Å². The van der Waals surface area contributed by atoms with Crippen LogP contribution in [0.2, 0.25) is 0 Å². The standard InChI is InChI=1S/C20H18N6OS/c1-13-5-6-16(10-14(13)2)22-19(27)12-28-20-24-23-18-8-7-17(25-26(18)20)15-4-3-9-21-11-15/h3-11H,12H2,1-2H3,(H,22,27). The number of nitrogens with zero attached hydrogens (tertiary/aromatic N) is 5. The van der Waals surface area contributed by atoms with Crippen molar-refractivity contribution in [3.63, 3.8) is 0 Å². The summed E-state index contributed by atoms with van der Waals surface area (Å²) < 4.78 is 1.65. The number of aryl methyl sites for hydroxylation is 2. The van der Waals surface area contributed by atoms with Crippen LogP contribution in [0.5, 0.6) is 0 Å². The number of carbonyl (C=O) groups is 1. The fraction of sp³-hybridized carbons (Fsp3) is 0.150. The molecule has 0 atom stereocenters. The molecule has 0 saturated heterocycles. The third kappa shape index (κ3) is 3.86. The van der Waals surface area contributed by atoms with Crippen molar-refractivity contribution in [3.05, 3.63) is 66.0 Å². The number of anilines is 1. The quantitative estimate of drug-likeness (QED) is 0.525. The fourth-order valence-corrected chi connectivity index (χ4v) is 3.36. The Bertz CT molecular complexity index is 1140. The maximum absolute atomic E-state index is 12.3. The molecule has 3 aromatic heterocycles. The van der Waals surface area contributed by atoms with Gasteiger partial charge >= 0.3 is 0 Å². The van der Waals surface area contributed by atoms with Gasteiger partial charge in [-0.15, -0.1) is 10.2 Å². The van der Waals surface area contributed by atoms with Gasteiger partial charge in [0.2, 0.25) is 11.1 Å². The number of thioether (sulfide) groups is 1. The van der Waals surface area contributed by atoms with Crippen LogP contribution in [0.15, 0.2) is 60.0 Å². The zero-order valence-corrected chi connectivity index (χ0v) is 16.3. The molecule has 0 radical (unpaired) electrons. The molecule has 7 nitrogen and oxygen atoms in total. The molecule has 0 aliphatic rings. The number of rotatable bonds is 5.